The Morgan fingerprint density at radius 1 is 1.37 bits per heavy atom. The standard InChI is InChI=1S/C21H23ClF2N2O/c1-15-4-6-17(25-14-15)3-2-8-21(24)9-11-26(12-10-21)20(27)16-5-7-19(23)18(22)13-16/h4-7,13-14H,2-3,8-12H2,1H3/i1D3,3D2,8D2. The van der Waals surface area contributed by atoms with Gasteiger partial charge in [-0.25, -0.2) is 8.78 Å². The number of aryl methyl sites for hydroxylation is 2. The first-order chi connectivity index (χ1) is 15.6. The molecule has 6 heteroatoms. The predicted octanol–water partition coefficient (Wildman–Crippen LogP) is 5.15. The van der Waals surface area contributed by atoms with Crippen molar-refractivity contribution in [2.24, 2.45) is 0 Å². The zero-order chi connectivity index (χ0) is 25.5. The summed E-state index contributed by atoms with van der Waals surface area (Å²) in [5, 5.41) is -0.221. The predicted molar refractivity (Wildman–Crippen MR) is 102 cm³/mol. The lowest BCUT2D eigenvalue weighted by atomic mass is 9.87. The van der Waals surface area contributed by atoms with Crippen LogP contribution in [0.3, 0.4) is 0 Å². The highest BCUT2D eigenvalue weighted by Gasteiger charge is 2.35. The Bertz CT molecular complexity index is 1060. The molecule has 3 rings (SSSR count). The number of carbonyl (C=O) groups is 1. The van der Waals surface area contributed by atoms with Gasteiger partial charge in [-0.15, -0.1) is 0 Å². The normalized spacial score (nSPS) is 21.7. The van der Waals surface area contributed by atoms with E-state index in [2.05, 4.69) is 4.98 Å². The van der Waals surface area contributed by atoms with Crippen LogP contribution in [-0.4, -0.2) is 34.5 Å². The Kier molecular flexibility index (Phi) is 3.85. The topological polar surface area (TPSA) is 33.2 Å². The number of pyridine rings is 1. The average Bonchev–Trinajstić information content (AvgIpc) is 2.74. The highest BCUT2D eigenvalue weighted by Crippen LogP contribution is 2.32. The zero-order valence-electron chi connectivity index (χ0n) is 21.4. The lowest BCUT2D eigenvalue weighted by Crippen LogP contribution is -2.44. The number of alkyl halides is 1. The molecule has 27 heavy (non-hydrogen) atoms. The average molecular weight is 400 g/mol. The molecule has 0 spiro atoms. The number of benzene rings is 1. The summed E-state index contributed by atoms with van der Waals surface area (Å²) in [5.41, 5.74) is -2.56. The minimum atomic E-state index is -2.60. The van der Waals surface area contributed by atoms with Crippen LogP contribution in [0.5, 0.6) is 0 Å². The fraction of sp³-hybridized carbons (Fsp3) is 0.429. The van der Waals surface area contributed by atoms with E-state index in [-0.39, 0.29) is 47.8 Å². The first kappa shape index (κ1) is 12.4. The SMILES string of the molecule is [2H]C([2H])([2H])c1ccc(C([2H])([2H])CC([2H])([2H])C2(F)CCN(C(=O)c3ccc(F)c(Cl)c3)CC2)nc1. The summed E-state index contributed by atoms with van der Waals surface area (Å²) < 4.78 is 84.3. The molecule has 0 saturated carbocycles. The van der Waals surface area contributed by atoms with Crippen molar-refractivity contribution in [1.29, 1.82) is 0 Å². The molecule has 144 valence electrons. The van der Waals surface area contributed by atoms with E-state index < -0.39 is 43.4 Å². The van der Waals surface area contributed by atoms with Gasteiger partial charge in [0, 0.05) is 40.1 Å². The Balaban J connectivity index is 1.70. The molecule has 0 atom stereocenters. The Morgan fingerprint density at radius 2 is 2.15 bits per heavy atom. The molecule has 2 heterocycles. The number of likely N-dealkylation sites (tertiary alicyclic amines) is 1. The first-order valence-corrected chi connectivity index (χ1v) is 8.84. The van der Waals surface area contributed by atoms with Crippen LogP contribution in [0.25, 0.3) is 0 Å². The number of nitrogens with zero attached hydrogens (tertiary/aromatic N) is 2. The molecule has 0 unspecified atom stereocenters. The third kappa shape index (κ3) is 5.04. The van der Waals surface area contributed by atoms with Crippen LogP contribution < -0.4 is 0 Å². The van der Waals surface area contributed by atoms with E-state index in [9.17, 15) is 9.18 Å². The van der Waals surface area contributed by atoms with Crippen molar-refractivity contribution in [3.8, 4) is 0 Å². The van der Waals surface area contributed by atoms with Gasteiger partial charge in [-0.2, -0.15) is 0 Å². The van der Waals surface area contributed by atoms with E-state index >= 15 is 4.39 Å². The maximum Gasteiger partial charge on any atom is 0.253 e. The number of piperidine rings is 1. The van der Waals surface area contributed by atoms with E-state index in [1.807, 2.05) is 0 Å². The highest BCUT2D eigenvalue weighted by atomic mass is 35.5. The van der Waals surface area contributed by atoms with Crippen molar-refractivity contribution in [2.45, 2.75) is 44.5 Å². The van der Waals surface area contributed by atoms with Crippen molar-refractivity contribution in [1.82, 2.24) is 9.88 Å². The summed E-state index contributed by atoms with van der Waals surface area (Å²) in [6, 6.07) is 5.85. The Labute approximate surface area is 173 Å². The maximum atomic E-state index is 15.7. The summed E-state index contributed by atoms with van der Waals surface area (Å²) >= 11 is 5.72. The smallest absolute Gasteiger partial charge is 0.253 e. The second-order valence-electron chi connectivity index (χ2n) is 6.35. The van der Waals surface area contributed by atoms with Gasteiger partial charge in [0.05, 0.1) is 5.02 Å². The van der Waals surface area contributed by atoms with Gasteiger partial charge in [0.1, 0.15) is 11.5 Å². The maximum absolute atomic E-state index is 15.7. The number of aromatic nitrogens is 1. The third-order valence-electron chi connectivity index (χ3n) is 4.45. The quantitative estimate of drug-likeness (QED) is 0.696. The Morgan fingerprint density at radius 3 is 2.78 bits per heavy atom. The second kappa shape index (κ2) is 8.34. The Hall–Kier alpha value is -2.01. The zero-order valence-corrected chi connectivity index (χ0v) is 15.2. The molecule has 1 amide bonds. The molecule has 1 aromatic heterocycles. The van der Waals surface area contributed by atoms with Crippen LogP contribution in [0.1, 0.15) is 56.8 Å². The van der Waals surface area contributed by atoms with Gasteiger partial charge in [0.15, 0.2) is 0 Å². The molecule has 1 aliphatic heterocycles. The van der Waals surface area contributed by atoms with Crippen molar-refractivity contribution in [2.75, 3.05) is 13.1 Å². The monoisotopic (exact) mass is 399 g/mol. The van der Waals surface area contributed by atoms with E-state index in [1.54, 1.807) is 0 Å². The summed E-state index contributed by atoms with van der Waals surface area (Å²) in [7, 11) is 0. The van der Waals surface area contributed by atoms with Crippen molar-refractivity contribution < 1.29 is 23.2 Å². The van der Waals surface area contributed by atoms with Crippen LogP contribution in [-0.2, 0) is 6.37 Å². The first-order valence-electron chi connectivity index (χ1n) is 12.0. The molecular formula is C21H23ClF2N2O. The molecule has 0 bridgehead atoms. The molecule has 2 aromatic rings. The van der Waals surface area contributed by atoms with Gasteiger partial charge in [0.2, 0.25) is 0 Å². The summed E-state index contributed by atoms with van der Waals surface area (Å²) in [4.78, 5) is 17.8. The van der Waals surface area contributed by atoms with Gasteiger partial charge in [-0.05, 0) is 68.7 Å². The third-order valence-corrected chi connectivity index (χ3v) is 4.74. The van der Waals surface area contributed by atoms with Crippen molar-refractivity contribution in [3.63, 3.8) is 0 Å². The fourth-order valence-electron chi connectivity index (χ4n) is 2.84. The molecule has 0 radical (unpaired) electrons. The minimum absolute atomic E-state index is 0.0866. The molecule has 0 N–H and O–H groups in total. The van der Waals surface area contributed by atoms with Crippen LogP contribution in [0.15, 0.2) is 36.5 Å². The number of halogens is 3. The number of hydrogen-bond acceptors (Lipinski definition) is 2. The molecular weight excluding hydrogens is 370 g/mol. The lowest BCUT2D eigenvalue weighted by Gasteiger charge is -2.36. The lowest BCUT2D eigenvalue weighted by molar-refractivity contribution is 0.0389. The molecule has 1 fully saturated rings. The molecule has 0 aliphatic carbocycles. The summed E-state index contributed by atoms with van der Waals surface area (Å²) in [5.74, 6) is -1.16. The van der Waals surface area contributed by atoms with Gasteiger partial charge in [-0.1, -0.05) is 17.7 Å². The van der Waals surface area contributed by atoms with Gasteiger partial charge in [-0.3, -0.25) is 9.78 Å². The minimum Gasteiger partial charge on any atom is -0.338 e. The highest BCUT2D eigenvalue weighted by molar-refractivity contribution is 6.31. The van der Waals surface area contributed by atoms with E-state index in [4.69, 9.17) is 21.2 Å². The molecule has 1 aliphatic rings. The fourth-order valence-corrected chi connectivity index (χ4v) is 3.02. The van der Waals surface area contributed by atoms with Crippen LogP contribution >= 0.6 is 11.6 Å². The van der Waals surface area contributed by atoms with E-state index in [0.29, 0.717) is 0 Å². The van der Waals surface area contributed by atoms with Crippen LogP contribution in [0.2, 0.25) is 5.02 Å². The summed E-state index contributed by atoms with van der Waals surface area (Å²) in [6.45, 7) is -2.64. The van der Waals surface area contributed by atoms with Crippen LogP contribution in [0.4, 0.5) is 8.78 Å². The van der Waals surface area contributed by atoms with Crippen molar-refractivity contribution in [3.05, 3.63) is 64.2 Å². The van der Waals surface area contributed by atoms with Gasteiger partial charge < -0.3 is 4.90 Å². The van der Waals surface area contributed by atoms with Crippen LogP contribution in [0, 0.1) is 12.7 Å². The number of amides is 1. The summed E-state index contributed by atoms with van der Waals surface area (Å²) in [6.07, 6.45) is -5.53. The second-order valence-corrected chi connectivity index (χ2v) is 6.76. The molecule has 1 saturated heterocycles. The molecule has 3 nitrogen and oxygen atoms in total. The van der Waals surface area contributed by atoms with Crippen molar-refractivity contribution >= 4 is 17.5 Å². The number of rotatable bonds is 5. The largest absolute Gasteiger partial charge is 0.338 e. The van der Waals surface area contributed by atoms with E-state index in [0.717, 1.165) is 18.3 Å². The van der Waals surface area contributed by atoms with Gasteiger partial charge >= 0.3 is 0 Å². The number of hydrogen-bond donors (Lipinski definition) is 0. The molecule has 1 aromatic carbocycles. The van der Waals surface area contributed by atoms with Gasteiger partial charge in [0.25, 0.3) is 5.91 Å². The number of carbonyl (C=O) groups excluding carboxylic acids is 1. The van der Waals surface area contributed by atoms with E-state index in [1.165, 1.54) is 23.1 Å².